The molecular weight excluding hydrogens is 243 g/mol. The number of aryl methyl sites for hydroxylation is 1. The van der Waals surface area contributed by atoms with Gasteiger partial charge < -0.3 is 10.1 Å². The SMILES string of the molecule is Cc1ccc2c(c1)CC(CNCCC(F)(F)F)O2. The molecule has 0 radical (unpaired) electrons. The van der Waals surface area contributed by atoms with E-state index in [0.29, 0.717) is 6.54 Å². The second kappa shape index (κ2) is 5.18. The third-order valence-corrected chi connectivity index (χ3v) is 2.91. The summed E-state index contributed by atoms with van der Waals surface area (Å²) in [7, 11) is 0. The number of halogens is 3. The molecule has 0 aliphatic carbocycles. The number of rotatable bonds is 4. The monoisotopic (exact) mass is 259 g/mol. The van der Waals surface area contributed by atoms with E-state index in [0.717, 1.165) is 17.7 Å². The Bertz CT molecular complexity index is 417. The summed E-state index contributed by atoms with van der Waals surface area (Å²) in [6, 6.07) is 5.95. The van der Waals surface area contributed by atoms with Gasteiger partial charge in [0.25, 0.3) is 0 Å². The Labute approximate surface area is 104 Å². The molecule has 1 aliphatic rings. The first-order valence-electron chi connectivity index (χ1n) is 5.98. The van der Waals surface area contributed by atoms with Crippen molar-refractivity contribution in [3.63, 3.8) is 0 Å². The van der Waals surface area contributed by atoms with Crippen molar-refractivity contribution in [2.24, 2.45) is 0 Å². The van der Waals surface area contributed by atoms with Crippen LogP contribution < -0.4 is 10.1 Å². The Morgan fingerprint density at radius 3 is 2.89 bits per heavy atom. The minimum Gasteiger partial charge on any atom is -0.488 e. The zero-order valence-corrected chi connectivity index (χ0v) is 10.2. The molecule has 0 saturated heterocycles. The maximum Gasteiger partial charge on any atom is 0.390 e. The minimum atomic E-state index is -4.09. The van der Waals surface area contributed by atoms with Gasteiger partial charge in [-0.3, -0.25) is 0 Å². The molecule has 0 bridgehead atoms. The van der Waals surface area contributed by atoms with Gasteiger partial charge in [-0.1, -0.05) is 17.7 Å². The van der Waals surface area contributed by atoms with E-state index < -0.39 is 12.6 Å². The van der Waals surface area contributed by atoms with Crippen molar-refractivity contribution in [2.75, 3.05) is 13.1 Å². The van der Waals surface area contributed by atoms with Gasteiger partial charge in [0.15, 0.2) is 0 Å². The van der Waals surface area contributed by atoms with Crippen molar-refractivity contribution < 1.29 is 17.9 Å². The molecule has 1 aromatic rings. The molecule has 2 rings (SSSR count). The first-order valence-corrected chi connectivity index (χ1v) is 5.98. The van der Waals surface area contributed by atoms with E-state index >= 15 is 0 Å². The molecule has 1 heterocycles. The summed E-state index contributed by atoms with van der Waals surface area (Å²) in [5, 5.41) is 2.79. The fourth-order valence-corrected chi connectivity index (χ4v) is 2.06. The molecule has 1 aromatic carbocycles. The van der Waals surface area contributed by atoms with Crippen LogP contribution in [0.4, 0.5) is 13.2 Å². The predicted octanol–water partition coefficient (Wildman–Crippen LogP) is 2.84. The van der Waals surface area contributed by atoms with E-state index in [2.05, 4.69) is 11.4 Å². The Hall–Kier alpha value is -1.23. The molecule has 1 unspecified atom stereocenters. The zero-order chi connectivity index (χ0) is 13.2. The van der Waals surface area contributed by atoms with Crippen molar-refractivity contribution in [3.8, 4) is 5.75 Å². The second-order valence-electron chi connectivity index (χ2n) is 4.62. The van der Waals surface area contributed by atoms with E-state index in [9.17, 15) is 13.2 Å². The van der Waals surface area contributed by atoms with Crippen LogP contribution in [0.15, 0.2) is 18.2 Å². The Morgan fingerprint density at radius 2 is 2.17 bits per heavy atom. The number of nitrogens with one attached hydrogen (secondary N) is 1. The molecule has 18 heavy (non-hydrogen) atoms. The molecule has 0 aromatic heterocycles. The first-order chi connectivity index (χ1) is 8.44. The first kappa shape index (κ1) is 13.2. The lowest BCUT2D eigenvalue weighted by molar-refractivity contribution is -0.133. The summed E-state index contributed by atoms with van der Waals surface area (Å²) < 4.78 is 41.5. The van der Waals surface area contributed by atoms with E-state index in [1.807, 2.05) is 19.1 Å². The third kappa shape index (κ3) is 3.63. The van der Waals surface area contributed by atoms with Crippen LogP contribution in [0.5, 0.6) is 5.75 Å². The van der Waals surface area contributed by atoms with E-state index in [-0.39, 0.29) is 12.6 Å². The summed E-state index contributed by atoms with van der Waals surface area (Å²) in [6.45, 7) is 2.40. The van der Waals surface area contributed by atoms with Gasteiger partial charge in [-0.15, -0.1) is 0 Å². The molecule has 2 nitrogen and oxygen atoms in total. The van der Waals surface area contributed by atoms with Crippen LogP contribution in [0.3, 0.4) is 0 Å². The van der Waals surface area contributed by atoms with E-state index in [1.165, 1.54) is 5.56 Å². The minimum absolute atomic E-state index is 0.0568. The molecule has 0 saturated carbocycles. The summed E-state index contributed by atoms with van der Waals surface area (Å²) in [5.74, 6) is 0.850. The average Bonchev–Trinajstić information content (AvgIpc) is 2.65. The molecule has 1 aliphatic heterocycles. The number of hydrogen-bond donors (Lipinski definition) is 1. The molecule has 1 atom stereocenters. The third-order valence-electron chi connectivity index (χ3n) is 2.91. The van der Waals surface area contributed by atoms with Crippen molar-refractivity contribution >= 4 is 0 Å². The number of fused-ring (bicyclic) bond motifs is 1. The highest BCUT2D eigenvalue weighted by Crippen LogP contribution is 2.29. The summed E-state index contributed by atoms with van der Waals surface area (Å²) in [6.07, 6.45) is -4.19. The lowest BCUT2D eigenvalue weighted by Crippen LogP contribution is -2.32. The number of ether oxygens (including phenoxy) is 1. The van der Waals surface area contributed by atoms with Gasteiger partial charge in [-0.25, -0.2) is 0 Å². The molecule has 0 spiro atoms. The normalized spacial score (nSPS) is 18.6. The molecular formula is C13H16F3NO. The standard InChI is InChI=1S/C13H16F3NO/c1-9-2-3-12-10(6-9)7-11(18-12)8-17-5-4-13(14,15)16/h2-3,6,11,17H,4-5,7-8H2,1H3. The summed E-state index contributed by atoms with van der Waals surface area (Å²) >= 11 is 0. The lowest BCUT2D eigenvalue weighted by Gasteiger charge is -2.12. The fraction of sp³-hybridized carbons (Fsp3) is 0.538. The molecule has 1 N–H and O–H groups in total. The lowest BCUT2D eigenvalue weighted by atomic mass is 10.1. The molecule has 0 fully saturated rings. The van der Waals surface area contributed by atoms with E-state index in [1.54, 1.807) is 0 Å². The van der Waals surface area contributed by atoms with Gasteiger partial charge in [0.05, 0.1) is 6.42 Å². The number of benzene rings is 1. The van der Waals surface area contributed by atoms with Crippen LogP contribution in [-0.2, 0) is 6.42 Å². The van der Waals surface area contributed by atoms with Gasteiger partial charge in [0, 0.05) is 19.5 Å². The molecule has 5 heteroatoms. The maximum absolute atomic E-state index is 11.9. The van der Waals surface area contributed by atoms with Gasteiger partial charge in [0.2, 0.25) is 0 Å². The van der Waals surface area contributed by atoms with Crippen molar-refractivity contribution in [1.29, 1.82) is 0 Å². The fourth-order valence-electron chi connectivity index (χ4n) is 2.06. The number of hydrogen-bond acceptors (Lipinski definition) is 2. The average molecular weight is 259 g/mol. The maximum atomic E-state index is 11.9. The number of alkyl halides is 3. The van der Waals surface area contributed by atoms with Crippen molar-refractivity contribution in [1.82, 2.24) is 5.32 Å². The zero-order valence-electron chi connectivity index (χ0n) is 10.2. The van der Waals surface area contributed by atoms with Crippen LogP contribution in [0.1, 0.15) is 17.5 Å². The Balaban J connectivity index is 1.75. The van der Waals surface area contributed by atoms with Crippen LogP contribution >= 0.6 is 0 Å². The van der Waals surface area contributed by atoms with Crippen LogP contribution in [0.25, 0.3) is 0 Å². The molecule has 100 valence electrons. The van der Waals surface area contributed by atoms with Crippen molar-refractivity contribution in [2.45, 2.75) is 32.0 Å². The van der Waals surface area contributed by atoms with Crippen LogP contribution in [0.2, 0.25) is 0 Å². The van der Waals surface area contributed by atoms with Gasteiger partial charge in [-0.05, 0) is 18.6 Å². The highest BCUT2D eigenvalue weighted by molar-refractivity contribution is 5.40. The van der Waals surface area contributed by atoms with E-state index in [4.69, 9.17) is 4.74 Å². The quantitative estimate of drug-likeness (QED) is 0.839. The van der Waals surface area contributed by atoms with Gasteiger partial charge >= 0.3 is 6.18 Å². The van der Waals surface area contributed by atoms with Crippen molar-refractivity contribution in [3.05, 3.63) is 29.3 Å². The topological polar surface area (TPSA) is 21.3 Å². The predicted molar refractivity (Wildman–Crippen MR) is 62.8 cm³/mol. The summed E-state index contributed by atoms with van der Waals surface area (Å²) in [5.41, 5.74) is 2.31. The van der Waals surface area contributed by atoms with Gasteiger partial charge in [-0.2, -0.15) is 13.2 Å². The largest absolute Gasteiger partial charge is 0.488 e. The van der Waals surface area contributed by atoms with Crippen LogP contribution in [-0.4, -0.2) is 25.4 Å². The second-order valence-corrected chi connectivity index (χ2v) is 4.62. The Kier molecular flexibility index (Phi) is 3.80. The highest BCUT2D eigenvalue weighted by atomic mass is 19.4. The molecule has 0 amide bonds. The smallest absolute Gasteiger partial charge is 0.390 e. The Morgan fingerprint density at radius 1 is 1.39 bits per heavy atom. The van der Waals surface area contributed by atoms with Crippen LogP contribution in [0, 0.1) is 6.92 Å². The summed E-state index contributed by atoms with van der Waals surface area (Å²) in [4.78, 5) is 0. The van der Waals surface area contributed by atoms with Gasteiger partial charge in [0.1, 0.15) is 11.9 Å². The highest BCUT2D eigenvalue weighted by Gasteiger charge is 2.27.